The number of nitrogens with one attached hydrogen (secondary N) is 1. The monoisotopic (exact) mass is 249 g/mol. The van der Waals surface area contributed by atoms with Gasteiger partial charge in [-0.15, -0.1) is 0 Å². The summed E-state index contributed by atoms with van der Waals surface area (Å²) in [5.41, 5.74) is 1.71. The normalized spacial score (nSPS) is 10.3. The summed E-state index contributed by atoms with van der Waals surface area (Å²) in [5.74, 6) is 2.19. The van der Waals surface area contributed by atoms with Crippen LogP contribution in [0, 0.1) is 11.3 Å². The molecule has 19 heavy (non-hydrogen) atoms. The highest BCUT2D eigenvalue weighted by atomic mass is 16.5. The van der Waals surface area contributed by atoms with E-state index in [1.165, 1.54) is 0 Å². The van der Waals surface area contributed by atoms with E-state index in [2.05, 4.69) is 16.0 Å². The molecule has 0 saturated carbocycles. The maximum absolute atomic E-state index is 8.66. The minimum atomic E-state index is 0.281. The van der Waals surface area contributed by atoms with Crippen LogP contribution in [-0.4, -0.2) is 9.97 Å². The fourth-order valence-corrected chi connectivity index (χ4v) is 1.89. The molecule has 1 heterocycles. The number of hydrogen-bond donors (Lipinski definition) is 1. The van der Waals surface area contributed by atoms with Crippen LogP contribution in [0.25, 0.3) is 11.0 Å². The third-order valence-corrected chi connectivity index (χ3v) is 2.73. The average molecular weight is 249 g/mol. The minimum Gasteiger partial charge on any atom is -0.457 e. The van der Waals surface area contributed by atoms with E-state index in [1.807, 2.05) is 48.5 Å². The third-order valence-electron chi connectivity index (χ3n) is 2.73. The number of rotatable bonds is 3. The first kappa shape index (κ1) is 11.3. The Labute approximate surface area is 110 Å². The summed E-state index contributed by atoms with van der Waals surface area (Å²) in [5, 5.41) is 8.66. The van der Waals surface area contributed by atoms with Crippen molar-refractivity contribution in [3.8, 4) is 17.6 Å². The van der Waals surface area contributed by atoms with Gasteiger partial charge in [0.05, 0.1) is 23.5 Å². The molecule has 0 bridgehead atoms. The SMILES string of the molecule is N#CCc1nc2cc(Oc3ccccc3)ccc2[nH]1. The molecule has 4 nitrogen and oxygen atoms in total. The Kier molecular flexibility index (Phi) is 2.87. The van der Waals surface area contributed by atoms with Crippen molar-refractivity contribution in [2.45, 2.75) is 6.42 Å². The molecule has 0 fully saturated rings. The van der Waals surface area contributed by atoms with Crippen molar-refractivity contribution in [3.05, 3.63) is 54.4 Å². The summed E-state index contributed by atoms with van der Waals surface area (Å²) in [6.07, 6.45) is 0.281. The first-order valence-electron chi connectivity index (χ1n) is 5.93. The van der Waals surface area contributed by atoms with Gasteiger partial charge >= 0.3 is 0 Å². The van der Waals surface area contributed by atoms with E-state index in [4.69, 9.17) is 10.00 Å². The zero-order valence-electron chi connectivity index (χ0n) is 10.1. The van der Waals surface area contributed by atoms with E-state index >= 15 is 0 Å². The molecule has 1 N–H and O–H groups in total. The first-order valence-corrected chi connectivity index (χ1v) is 5.93. The first-order chi connectivity index (χ1) is 9.35. The molecule has 0 atom stereocenters. The van der Waals surface area contributed by atoms with Crippen molar-refractivity contribution in [2.24, 2.45) is 0 Å². The van der Waals surface area contributed by atoms with Gasteiger partial charge in [-0.05, 0) is 24.3 Å². The molecule has 92 valence electrons. The van der Waals surface area contributed by atoms with Crippen LogP contribution in [0.15, 0.2) is 48.5 Å². The van der Waals surface area contributed by atoms with Crippen molar-refractivity contribution < 1.29 is 4.74 Å². The summed E-state index contributed by atoms with van der Waals surface area (Å²) in [6, 6.07) is 17.3. The lowest BCUT2D eigenvalue weighted by Gasteiger charge is -2.04. The third kappa shape index (κ3) is 2.40. The lowest BCUT2D eigenvalue weighted by Crippen LogP contribution is -1.83. The summed E-state index contributed by atoms with van der Waals surface area (Å²) in [6.45, 7) is 0. The quantitative estimate of drug-likeness (QED) is 0.773. The molecular weight excluding hydrogens is 238 g/mol. The van der Waals surface area contributed by atoms with Crippen LogP contribution < -0.4 is 4.74 Å². The molecule has 0 amide bonds. The lowest BCUT2D eigenvalue weighted by molar-refractivity contribution is 0.483. The predicted molar refractivity (Wildman–Crippen MR) is 71.9 cm³/mol. The van der Waals surface area contributed by atoms with Crippen molar-refractivity contribution >= 4 is 11.0 Å². The van der Waals surface area contributed by atoms with E-state index in [1.54, 1.807) is 0 Å². The number of H-pyrrole nitrogens is 1. The summed E-state index contributed by atoms with van der Waals surface area (Å²) >= 11 is 0. The number of fused-ring (bicyclic) bond motifs is 1. The smallest absolute Gasteiger partial charge is 0.129 e. The Morgan fingerprint density at radius 1 is 1.11 bits per heavy atom. The van der Waals surface area contributed by atoms with Gasteiger partial charge in [0.15, 0.2) is 0 Å². The zero-order chi connectivity index (χ0) is 13.1. The van der Waals surface area contributed by atoms with Gasteiger partial charge in [0, 0.05) is 6.07 Å². The van der Waals surface area contributed by atoms with Gasteiger partial charge in [0.2, 0.25) is 0 Å². The maximum atomic E-state index is 8.66. The number of aromatic amines is 1. The van der Waals surface area contributed by atoms with Crippen LogP contribution in [0.4, 0.5) is 0 Å². The van der Waals surface area contributed by atoms with E-state index in [9.17, 15) is 0 Å². The van der Waals surface area contributed by atoms with Crippen LogP contribution in [-0.2, 0) is 6.42 Å². The Morgan fingerprint density at radius 2 is 1.95 bits per heavy atom. The number of nitriles is 1. The Morgan fingerprint density at radius 3 is 2.74 bits per heavy atom. The van der Waals surface area contributed by atoms with Gasteiger partial charge in [-0.25, -0.2) is 4.98 Å². The van der Waals surface area contributed by atoms with Crippen molar-refractivity contribution in [1.82, 2.24) is 9.97 Å². The summed E-state index contributed by atoms with van der Waals surface area (Å²) < 4.78 is 5.74. The number of aromatic nitrogens is 2. The fourth-order valence-electron chi connectivity index (χ4n) is 1.89. The Hall–Kier alpha value is -2.80. The second-order valence-electron chi connectivity index (χ2n) is 4.11. The number of benzene rings is 2. The average Bonchev–Trinajstić information content (AvgIpc) is 2.82. The van der Waals surface area contributed by atoms with Crippen LogP contribution in [0.1, 0.15) is 5.82 Å². The number of nitrogens with zero attached hydrogens (tertiary/aromatic N) is 2. The molecule has 0 spiro atoms. The van der Waals surface area contributed by atoms with Gasteiger partial charge < -0.3 is 9.72 Å². The number of imidazole rings is 1. The molecular formula is C15H11N3O. The van der Waals surface area contributed by atoms with E-state index < -0.39 is 0 Å². The van der Waals surface area contributed by atoms with Gasteiger partial charge in [-0.2, -0.15) is 5.26 Å². The fraction of sp³-hybridized carbons (Fsp3) is 0.0667. The van der Waals surface area contributed by atoms with Gasteiger partial charge in [0.25, 0.3) is 0 Å². The second-order valence-corrected chi connectivity index (χ2v) is 4.11. The van der Waals surface area contributed by atoms with Crippen LogP contribution in [0.5, 0.6) is 11.5 Å². The van der Waals surface area contributed by atoms with E-state index in [-0.39, 0.29) is 6.42 Å². The largest absolute Gasteiger partial charge is 0.457 e. The highest BCUT2D eigenvalue weighted by Crippen LogP contribution is 2.24. The van der Waals surface area contributed by atoms with Crippen LogP contribution >= 0.6 is 0 Å². The lowest BCUT2D eigenvalue weighted by atomic mass is 10.3. The Balaban J connectivity index is 1.91. The van der Waals surface area contributed by atoms with E-state index in [0.29, 0.717) is 5.82 Å². The summed E-state index contributed by atoms with van der Waals surface area (Å²) in [7, 11) is 0. The topological polar surface area (TPSA) is 61.7 Å². The minimum absolute atomic E-state index is 0.281. The molecule has 0 aliphatic rings. The molecule has 0 radical (unpaired) electrons. The standard InChI is InChI=1S/C15H11N3O/c16-9-8-15-17-13-7-6-12(10-14(13)18-15)19-11-4-2-1-3-5-11/h1-7,10H,8H2,(H,17,18). The number of ether oxygens (including phenoxy) is 1. The molecule has 3 rings (SSSR count). The molecule has 0 unspecified atom stereocenters. The molecule has 0 saturated heterocycles. The Bertz CT molecular complexity index is 741. The van der Waals surface area contributed by atoms with Crippen LogP contribution in [0.3, 0.4) is 0 Å². The van der Waals surface area contributed by atoms with E-state index in [0.717, 1.165) is 22.5 Å². The molecule has 0 aliphatic carbocycles. The maximum Gasteiger partial charge on any atom is 0.129 e. The molecule has 4 heteroatoms. The summed E-state index contributed by atoms with van der Waals surface area (Å²) in [4.78, 5) is 7.45. The molecule has 2 aromatic carbocycles. The number of hydrogen-bond acceptors (Lipinski definition) is 3. The highest BCUT2D eigenvalue weighted by Gasteiger charge is 2.04. The molecule has 0 aliphatic heterocycles. The van der Waals surface area contributed by atoms with Gasteiger partial charge in [0.1, 0.15) is 17.3 Å². The van der Waals surface area contributed by atoms with Crippen molar-refractivity contribution in [1.29, 1.82) is 5.26 Å². The zero-order valence-corrected chi connectivity index (χ0v) is 10.1. The predicted octanol–water partition coefficient (Wildman–Crippen LogP) is 3.42. The van der Waals surface area contributed by atoms with Crippen molar-refractivity contribution in [2.75, 3.05) is 0 Å². The van der Waals surface area contributed by atoms with Gasteiger partial charge in [-0.1, -0.05) is 18.2 Å². The number of para-hydroxylation sites is 1. The second kappa shape index (κ2) is 4.83. The van der Waals surface area contributed by atoms with Gasteiger partial charge in [-0.3, -0.25) is 0 Å². The molecule has 3 aromatic rings. The van der Waals surface area contributed by atoms with Crippen molar-refractivity contribution in [3.63, 3.8) is 0 Å². The molecule has 1 aromatic heterocycles. The highest BCUT2D eigenvalue weighted by molar-refractivity contribution is 5.77. The van der Waals surface area contributed by atoms with Crippen LogP contribution in [0.2, 0.25) is 0 Å².